The highest BCUT2D eigenvalue weighted by Crippen LogP contribution is 2.31. The fourth-order valence-corrected chi connectivity index (χ4v) is 4.87. The molecule has 1 aliphatic rings. The number of rotatable bonds is 7. The molecule has 0 bridgehead atoms. The van der Waals surface area contributed by atoms with Crippen LogP contribution in [0.4, 0.5) is 16.3 Å². The zero-order chi connectivity index (χ0) is 26.3. The van der Waals surface area contributed by atoms with Gasteiger partial charge < -0.3 is 10.6 Å². The van der Waals surface area contributed by atoms with E-state index in [9.17, 15) is 4.79 Å². The number of nitriles is 1. The third-order valence-electron chi connectivity index (χ3n) is 6.86. The molecule has 4 aromatic rings. The molecule has 1 aliphatic carbocycles. The molecule has 0 unspecified atom stereocenters. The highest BCUT2D eigenvalue weighted by molar-refractivity contribution is 5.93. The minimum absolute atomic E-state index is 0.0648. The number of carbonyl (C=O) groups excluding carboxylic acids is 1. The second-order valence-corrected chi connectivity index (χ2v) is 9.49. The Kier molecular flexibility index (Phi) is 7.59. The Bertz CT molecular complexity index is 1390. The predicted octanol–water partition coefficient (Wildman–Crippen LogP) is 4.89. The van der Waals surface area contributed by atoms with Gasteiger partial charge in [0.05, 0.1) is 24.0 Å². The van der Waals surface area contributed by atoms with Crippen LogP contribution in [0.1, 0.15) is 36.9 Å². The lowest BCUT2D eigenvalue weighted by Gasteiger charge is -2.37. The van der Waals surface area contributed by atoms with Crippen molar-refractivity contribution in [2.24, 2.45) is 7.05 Å². The number of nitrogens with zero attached hydrogens (tertiary/aromatic N) is 6. The molecule has 5 rings (SSSR count). The summed E-state index contributed by atoms with van der Waals surface area (Å²) in [7, 11) is 1.90. The normalized spacial score (nSPS) is 16.8. The van der Waals surface area contributed by atoms with Crippen molar-refractivity contribution in [3.63, 3.8) is 0 Å². The maximum Gasteiger partial charge on any atom is 0.322 e. The molecule has 192 valence electrons. The van der Waals surface area contributed by atoms with E-state index < -0.39 is 0 Å². The van der Waals surface area contributed by atoms with Gasteiger partial charge in [0, 0.05) is 49.0 Å². The van der Waals surface area contributed by atoms with Gasteiger partial charge in [-0.3, -0.25) is 14.6 Å². The van der Waals surface area contributed by atoms with Crippen LogP contribution in [0.5, 0.6) is 0 Å². The maximum atomic E-state index is 13.5. The predicted molar refractivity (Wildman–Crippen MR) is 146 cm³/mol. The van der Waals surface area contributed by atoms with Crippen molar-refractivity contribution in [1.29, 1.82) is 5.26 Å². The standard InChI is InChI=1S/C29H30N8O/c1-36-20-23(18-34-36)22-6-10-26(11-7-22)37(29(38)33-19-25-4-2-3-15-31-25)27-12-8-24(9-13-27)35-28-14-5-21(16-30)17-32-28/h2-7,10-11,14-15,17-18,20,24,27H,8-9,12-13,19H2,1H3,(H,32,35)(H,33,38). The highest BCUT2D eigenvalue weighted by Gasteiger charge is 2.30. The van der Waals surface area contributed by atoms with Crippen molar-refractivity contribution in [2.45, 2.75) is 44.3 Å². The summed E-state index contributed by atoms with van der Waals surface area (Å²) >= 11 is 0. The van der Waals surface area contributed by atoms with E-state index in [2.05, 4.69) is 31.8 Å². The number of anilines is 2. The second kappa shape index (κ2) is 11.6. The first-order valence-corrected chi connectivity index (χ1v) is 12.8. The molecule has 1 saturated carbocycles. The summed E-state index contributed by atoms with van der Waals surface area (Å²) in [5.41, 5.74) is 4.31. The van der Waals surface area contributed by atoms with E-state index in [-0.39, 0.29) is 18.1 Å². The molecule has 2 N–H and O–H groups in total. The van der Waals surface area contributed by atoms with Gasteiger partial charge >= 0.3 is 6.03 Å². The molecule has 0 aliphatic heterocycles. The number of carbonyl (C=O) groups is 1. The van der Waals surface area contributed by atoms with E-state index >= 15 is 0 Å². The Morgan fingerprint density at radius 1 is 1.03 bits per heavy atom. The molecule has 9 nitrogen and oxygen atoms in total. The number of aryl methyl sites for hydroxylation is 1. The van der Waals surface area contributed by atoms with E-state index in [1.807, 2.05) is 72.9 Å². The number of urea groups is 1. The van der Waals surface area contributed by atoms with Crippen molar-refractivity contribution in [3.8, 4) is 17.2 Å². The Morgan fingerprint density at radius 2 is 1.84 bits per heavy atom. The van der Waals surface area contributed by atoms with Crippen molar-refractivity contribution in [2.75, 3.05) is 10.2 Å². The number of hydrogen-bond donors (Lipinski definition) is 2. The van der Waals surface area contributed by atoms with Crippen LogP contribution in [0.15, 0.2) is 79.4 Å². The molecular formula is C29H30N8O. The number of aromatic nitrogens is 4. The summed E-state index contributed by atoms with van der Waals surface area (Å²) in [6.45, 7) is 0.366. The Hall–Kier alpha value is -4.71. The summed E-state index contributed by atoms with van der Waals surface area (Å²) in [4.78, 5) is 24.1. The largest absolute Gasteiger partial charge is 0.367 e. The van der Waals surface area contributed by atoms with Gasteiger partial charge in [-0.25, -0.2) is 9.78 Å². The van der Waals surface area contributed by atoms with Crippen LogP contribution in [-0.2, 0) is 13.6 Å². The van der Waals surface area contributed by atoms with Gasteiger partial charge in [-0.1, -0.05) is 18.2 Å². The van der Waals surface area contributed by atoms with Gasteiger partial charge in [-0.05, 0) is 67.6 Å². The molecule has 0 atom stereocenters. The van der Waals surface area contributed by atoms with E-state index in [1.165, 1.54) is 0 Å². The van der Waals surface area contributed by atoms with Gasteiger partial charge in [-0.2, -0.15) is 10.4 Å². The van der Waals surface area contributed by atoms with E-state index in [0.717, 1.165) is 54.0 Å². The number of nitrogens with one attached hydrogen (secondary N) is 2. The summed E-state index contributed by atoms with van der Waals surface area (Å²) in [5, 5.41) is 19.8. The lowest BCUT2D eigenvalue weighted by molar-refractivity contribution is 0.240. The van der Waals surface area contributed by atoms with Crippen LogP contribution in [0, 0.1) is 11.3 Å². The average molecular weight is 507 g/mol. The maximum absolute atomic E-state index is 13.5. The van der Waals surface area contributed by atoms with Crippen LogP contribution >= 0.6 is 0 Å². The fourth-order valence-electron chi connectivity index (χ4n) is 4.87. The van der Waals surface area contributed by atoms with Crippen LogP contribution in [-0.4, -0.2) is 37.9 Å². The first kappa shape index (κ1) is 25.0. The van der Waals surface area contributed by atoms with E-state index in [1.54, 1.807) is 23.1 Å². The average Bonchev–Trinajstić information content (AvgIpc) is 3.40. The van der Waals surface area contributed by atoms with Gasteiger partial charge in [0.15, 0.2) is 0 Å². The Balaban J connectivity index is 1.29. The molecule has 1 aromatic carbocycles. The van der Waals surface area contributed by atoms with E-state index in [0.29, 0.717) is 12.1 Å². The second-order valence-electron chi connectivity index (χ2n) is 9.49. The molecule has 38 heavy (non-hydrogen) atoms. The van der Waals surface area contributed by atoms with Crippen LogP contribution in [0.2, 0.25) is 0 Å². The van der Waals surface area contributed by atoms with Crippen molar-refractivity contribution >= 4 is 17.5 Å². The SMILES string of the molecule is Cn1cc(-c2ccc(N(C(=O)NCc3ccccn3)C3CCC(Nc4ccc(C#N)cn4)CC3)cc2)cn1. The first-order valence-electron chi connectivity index (χ1n) is 12.8. The van der Waals surface area contributed by atoms with Crippen molar-refractivity contribution in [1.82, 2.24) is 25.1 Å². The molecule has 3 aromatic heterocycles. The summed E-state index contributed by atoms with van der Waals surface area (Å²) < 4.78 is 1.78. The summed E-state index contributed by atoms with van der Waals surface area (Å²) in [6, 6.07) is 19.7. The van der Waals surface area contributed by atoms with Crippen molar-refractivity contribution < 1.29 is 4.79 Å². The van der Waals surface area contributed by atoms with Gasteiger partial charge in [0.2, 0.25) is 0 Å². The molecular weight excluding hydrogens is 476 g/mol. The third-order valence-corrected chi connectivity index (χ3v) is 6.86. The lowest BCUT2D eigenvalue weighted by Crippen LogP contribution is -2.48. The number of benzene rings is 1. The number of pyridine rings is 2. The van der Waals surface area contributed by atoms with Crippen LogP contribution in [0.3, 0.4) is 0 Å². The molecule has 1 fully saturated rings. The topological polar surface area (TPSA) is 112 Å². The quantitative estimate of drug-likeness (QED) is 0.369. The Labute approximate surface area is 222 Å². The molecule has 9 heteroatoms. The van der Waals surface area contributed by atoms with Gasteiger partial charge in [0.25, 0.3) is 0 Å². The molecule has 0 spiro atoms. The zero-order valence-electron chi connectivity index (χ0n) is 21.3. The molecule has 2 amide bonds. The fraction of sp³-hybridized carbons (Fsp3) is 0.276. The van der Waals surface area contributed by atoms with Crippen molar-refractivity contribution in [3.05, 3.63) is 90.6 Å². The molecule has 3 heterocycles. The van der Waals surface area contributed by atoms with Gasteiger partial charge in [0.1, 0.15) is 11.9 Å². The summed E-state index contributed by atoms with van der Waals surface area (Å²) in [6.07, 6.45) is 10.6. The highest BCUT2D eigenvalue weighted by atomic mass is 16.2. The minimum Gasteiger partial charge on any atom is -0.367 e. The third kappa shape index (κ3) is 5.98. The first-order chi connectivity index (χ1) is 18.6. The van der Waals surface area contributed by atoms with Crippen LogP contribution < -0.4 is 15.5 Å². The Morgan fingerprint density at radius 3 is 2.47 bits per heavy atom. The monoisotopic (exact) mass is 506 g/mol. The number of amides is 2. The lowest BCUT2D eigenvalue weighted by atomic mass is 9.89. The molecule has 0 saturated heterocycles. The van der Waals surface area contributed by atoms with Gasteiger partial charge in [-0.15, -0.1) is 0 Å². The van der Waals surface area contributed by atoms with Crippen LogP contribution in [0.25, 0.3) is 11.1 Å². The number of hydrogen-bond acceptors (Lipinski definition) is 6. The zero-order valence-corrected chi connectivity index (χ0v) is 21.3. The summed E-state index contributed by atoms with van der Waals surface area (Å²) in [5.74, 6) is 0.767. The van der Waals surface area contributed by atoms with E-state index in [4.69, 9.17) is 5.26 Å². The minimum atomic E-state index is -0.130. The molecule has 0 radical (unpaired) electrons. The smallest absolute Gasteiger partial charge is 0.322 e.